The Morgan fingerprint density at radius 2 is 1.25 bits per heavy atom. The first-order valence-corrected chi connectivity index (χ1v) is 11.7. The number of carbonyl (C=O) groups excluding carboxylic acids is 2. The van der Waals surface area contributed by atoms with E-state index < -0.39 is 12.9 Å². The largest absolute Gasteiger partial charge is 0.488 e. The molecule has 0 radical (unpaired) electrons. The Morgan fingerprint density at radius 3 is 1.69 bits per heavy atom. The number of hydrogen-bond donors (Lipinski definition) is 2. The van der Waals surface area contributed by atoms with Crippen molar-refractivity contribution in [2.24, 2.45) is 0 Å². The Bertz CT molecular complexity index is 1310. The summed E-state index contributed by atoms with van der Waals surface area (Å²) >= 11 is 13.0. The minimum Gasteiger partial charge on any atom is -0.423 e. The molecule has 2 N–H and O–H groups in total. The zero-order valence-corrected chi connectivity index (χ0v) is 21.8. The van der Waals surface area contributed by atoms with Crippen LogP contribution in [0.1, 0.15) is 20.7 Å². The minimum absolute atomic E-state index is 0.232. The topological polar surface area (TPSA) is 100 Å². The van der Waals surface area contributed by atoms with Crippen molar-refractivity contribution in [2.75, 3.05) is 0 Å². The number of aldehydes is 2. The third-order valence-electron chi connectivity index (χ3n) is 4.33. The lowest BCUT2D eigenvalue weighted by molar-refractivity contribution is 0.111. The van der Waals surface area contributed by atoms with Gasteiger partial charge in [-0.15, -0.1) is 0 Å². The first-order chi connectivity index (χ1) is 17.1. The summed E-state index contributed by atoms with van der Waals surface area (Å²) in [7, 11) is -1.46. The smallest absolute Gasteiger partial charge is 0.423 e. The van der Waals surface area contributed by atoms with Gasteiger partial charge in [-0.2, -0.15) is 0 Å². The number of pyridine rings is 2. The minimum atomic E-state index is -1.46. The number of carbonyl (C=O) groups is 2. The average Bonchev–Trinajstić information content (AvgIpc) is 2.88. The predicted molar refractivity (Wildman–Crippen MR) is 144 cm³/mol. The summed E-state index contributed by atoms with van der Waals surface area (Å²) in [6.45, 7) is 0. The molecule has 0 spiro atoms. The third-order valence-corrected chi connectivity index (χ3v) is 5.57. The molecule has 184 valence electrons. The van der Waals surface area contributed by atoms with Gasteiger partial charge < -0.3 is 10.0 Å². The van der Waals surface area contributed by atoms with Crippen molar-refractivity contribution in [1.82, 2.24) is 9.97 Å². The number of hydrogen-bond acceptors (Lipinski definition) is 6. The van der Waals surface area contributed by atoms with Crippen LogP contribution in [0.25, 0.3) is 11.1 Å². The second-order valence-corrected chi connectivity index (χ2v) is 8.74. The van der Waals surface area contributed by atoms with E-state index in [9.17, 15) is 18.4 Å². The van der Waals surface area contributed by atoms with Gasteiger partial charge in [0.25, 0.3) is 0 Å². The van der Waals surface area contributed by atoms with Gasteiger partial charge in [0.2, 0.25) is 0 Å². The Morgan fingerprint density at radius 1 is 0.778 bits per heavy atom. The molecule has 0 fully saturated rings. The Hall–Kier alpha value is -2.77. The highest BCUT2D eigenvalue weighted by Gasteiger charge is 2.09. The van der Waals surface area contributed by atoms with E-state index in [4.69, 9.17) is 33.2 Å². The molecule has 2 aromatic carbocycles. The van der Waals surface area contributed by atoms with Crippen LogP contribution in [0.3, 0.4) is 0 Å². The summed E-state index contributed by atoms with van der Waals surface area (Å²) in [5, 5.41) is 17.9. The standard InChI is InChI=1S/C12H7ClFNO.C7H7BO3.C5H2ClFIN/c13-12-5-10(11(14)6-15-12)9-3-1-8(7-16)2-4-9;9-5-6-1-3-7(4-2-6)8(10)11;6-5-1-4(8)3(7)2-9-5/h1-7H;1-5,10-11H;1-2H. The normalized spacial score (nSPS) is 9.75. The maximum Gasteiger partial charge on any atom is 0.488 e. The van der Waals surface area contributed by atoms with Gasteiger partial charge in [0.05, 0.1) is 16.0 Å². The number of nitrogens with zero attached hydrogens (tertiary/aromatic N) is 2. The van der Waals surface area contributed by atoms with Crippen LogP contribution in [-0.4, -0.2) is 39.7 Å². The Labute approximate surface area is 229 Å². The summed E-state index contributed by atoms with van der Waals surface area (Å²) in [5.41, 5.74) is 2.49. The van der Waals surface area contributed by atoms with Crippen LogP contribution < -0.4 is 5.46 Å². The Balaban J connectivity index is 0.000000200. The summed E-state index contributed by atoms with van der Waals surface area (Å²) in [5.74, 6) is -0.775. The molecule has 4 rings (SSSR count). The van der Waals surface area contributed by atoms with Gasteiger partial charge in [-0.1, -0.05) is 71.7 Å². The van der Waals surface area contributed by atoms with Gasteiger partial charge in [0.15, 0.2) is 5.82 Å². The molecule has 0 saturated heterocycles. The van der Waals surface area contributed by atoms with Crippen LogP contribution >= 0.6 is 45.8 Å². The van der Waals surface area contributed by atoms with Crippen LogP contribution in [0.2, 0.25) is 10.3 Å². The van der Waals surface area contributed by atoms with Gasteiger partial charge in [-0.05, 0) is 45.7 Å². The molecule has 36 heavy (non-hydrogen) atoms. The van der Waals surface area contributed by atoms with E-state index in [1.807, 2.05) is 22.6 Å². The van der Waals surface area contributed by atoms with Crippen molar-refractivity contribution in [3.05, 3.63) is 110 Å². The zero-order valence-electron chi connectivity index (χ0n) is 18.2. The highest BCUT2D eigenvalue weighted by atomic mass is 127. The second-order valence-electron chi connectivity index (χ2n) is 6.81. The Kier molecular flexibility index (Phi) is 12.0. The molecule has 0 amide bonds. The highest BCUT2D eigenvalue weighted by Crippen LogP contribution is 2.24. The van der Waals surface area contributed by atoms with Gasteiger partial charge in [-0.3, -0.25) is 9.59 Å². The molecule has 0 atom stereocenters. The van der Waals surface area contributed by atoms with E-state index in [2.05, 4.69) is 9.97 Å². The lowest BCUT2D eigenvalue weighted by Gasteiger charge is -2.03. The fourth-order valence-electron chi connectivity index (χ4n) is 2.51. The third kappa shape index (κ3) is 9.36. The second kappa shape index (κ2) is 14.7. The first kappa shape index (κ1) is 29.5. The predicted octanol–water partition coefficient (Wildman–Crippen LogP) is 5.01. The molecule has 4 aromatic rings. The molecule has 2 aromatic heterocycles. The lowest BCUT2D eigenvalue weighted by atomic mass is 9.80. The molecular formula is C24H16BCl2F2IN2O4. The zero-order chi connectivity index (χ0) is 26.7. The molecule has 0 aliphatic carbocycles. The molecule has 0 aliphatic rings. The van der Waals surface area contributed by atoms with E-state index in [1.54, 1.807) is 24.3 Å². The van der Waals surface area contributed by atoms with Crippen molar-refractivity contribution >= 4 is 70.9 Å². The number of halogens is 5. The van der Waals surface area contributed by atoms with E-state index in [-0.39, 0.29) is 11.0 Å². The molecule has 0 saturated carbocycles. The monoisotopic (exact) mass is 642 g/mol. The van der Waals surface area contributed by atoms with Crippen molar-refractivity contribution in [3.63, 3.8) is 0 Å². The van der Waals surface area contributed by atoms with E-state index in [0.29, 0.717) is 42.7 Å². The van der Waals surface area contributed by atoms with Crippen LogP contribution in [0, 0.1) is 15.2 Å². The number of rotatable bonds is 4. The molecule has 12 heteroatoms. The van der Waals surface area contributed by atoms with Gasteiger partial charge in [0, 0.05) is 16.7 Å². The van der Waals surface area contributed by atoms with Gasteiger partial charge in [-0.25, -0.2) is 18.7 Å². The maximum atomic E-state index is 13.4. The van der Waals surface area contributed by atoms with Gasteiger partial charge in [0.1, 0.15) is 28.7 Å². The van der Waals surface area contributed by atoms with Crippen molar-refractivity contribution in [3.8, 4) is 11.1 Å². The van der Waals surface area contributed by atoms with Gasteiger partial charge >= 0.3 is 7.12 Å². The summed E-state index contributed by atoms with van der Waals surface area (Å²) < 4.78 is 26.3. The summed E-state index contributed by atoms with van der Waals surface area (Å²) in [4.78, 5) is 27.8. The summed E-state index contributed by atoms with van der Waals surface area (Å²) in [6, 6.07) is 15.5. The molecule has 2 heterocycles. The van der Waals surface area contributed by atoms with E-state index in [1.165, 1.54) is 36.4 Å². The SMILES string of the molecule is Fc1cnc(Cl)cc1I.O=Cc1ccc(-c2cc(Cl)ncc2F)cc1.O=Cc1ccc(B(O)O)cc1. The molecule has 0 aliphatic heterocycles. The van der Waals surface area contributed by atoms with Crippen molar-refractivity contribution in [1.29, 1.82) is 0 Å². The molecule has 0 unspecified atom stereocenters. The van der Waals surface area contributed by atoms with Crippen LogP contribution in [0.4, 0.5) is 8.78 Å². The fraction of sp³-hybridized carbons (Fsp3) is 0. The first-order valence-electron chi connectivity index (χ1n) is 9.89. The van der Waals surface area contributed by atoms with Crippen molar-refractivity contribution in [2.45, 2.75) is 0 Å². The lowest BCUT2D eigenvalue weighted by Crippen LogP contribution is -2.29. The fourth-order valence-corrected chi connectivity index (χ4v) is 3.45. The quantitative estimate of drug-likeness (QED) is 0.141. The van der Waals surface area contributed by atoms with Crippen molar-refractivity contribution < 1.29 is 28.4 Å². The molecule has 0 bridgehead atoms. The highest BCUT2D eigenvalue weighted by molar-refractivity contribution is 14.1. The molecule has 6 nitrogen and oxygen atoms in total. The van der Waals surface area contributed by atoms with Crippen LogP contribution in [0.5, 0.6) is 0 Å². The average molecular weight is 643 g/mol. The number of aromatic nitrogens is 2. The van der Waals surface area contributed by atoms with E-state index in [0.717, 1.165) is 18.7 Å². The summed E-state index contributed by atoms with van der Waals surface area (Å²) in [6.07, 6.45) is 3.61. The van der Waals surface area contributed by atoms with Crippen LogP contribution in [0.15, 0.2) is 73.1 Å². The molecular weight excluding hydrogens is 627 g/mol. The van der Waals surface area contributed by atoms with Crippen LogP contribution in [-0.2, 0) is 0 Å². The number of benzene rings is 2. The van der Waals surface area contributed by atoms with E-state index >= 15 is 0 Å². The maximum absolute atomic E-state index is 13.4.